The van der Waals surface area contributed by atoms with Gasteiger partial charge in [0.15, 0.2) is 0 Å². The van der Waals surface area contributed by atoms with Gasteiger partial charge in [-0.05, 0) is 116 Å². The highest BCUT2D eigenvalue weighted by Crippen LogP contribution is 2.32. The van der Waals surface area contributed by atoms with Crippen LogP contribution in [-0.2, 0) is 0 Å². The largest absolute Gasteiger partial charge is 0.448 e. The first-order chi connectivity index (χ1) is 44.5. The fraction of sp³-hybridized carbons (Fsp3) is 0.716. The molecule has 2 aromatic rings. The van der Waals surface area contributed by atoms with Crippen LogP contribution >= 0.6 is 0 Å². The van der Waals surface area contributed by atoms with E-state index >= 15 is 0 Å². The summed E-state index contributed by atoms with van der Waals surface area (Å²) in [7, 11) is 0. The van der Waals surface area contributed by atoms with Crippen LogP contribution in [0.4, 0.5) is 0 Å². The summed E-state index contributed by atoms with van der Waals surface area (Å²) < 4.78 is 1.79. The van der Waals surface area contributed by atoms with Crippen molar-refractivity contribution in [1.82, 2.24) is 0 Å². The molecule has 0 saturated carbocycles. The fourth-order valence-electron chi connectivity index (χ4n) is 13.5. The number of nitrogens with one attached hydrogen (secondary N) is 1. The van der Waals surface area contributed by atoms with Crippen LogP contribution in [0.5, 0.6) is 0 Å². The van der Waals surface area contributed by atoms with Crippen LogP contribution in [-0.4, -0.2) is 10.4 Å². The Hall–Kier alpha value is -3.65. The maximum atomic E-state index is 10.1. The molecule has 1 heterocycles. The zero-order chi connectivity index (χ0) is 64.1. The molecule has 2 nitrogen and oxygen atoms in total. The summed E-state index contributed by atoms with van der Waals surface area (Å²) in [5.41, 5.74) is 10.4. The Balaban J connectivity index is 1.78. The van der Waals surface area contributed by atoms with E-state index in [0.717, 1.165) is 61.1 Å². The molecular formula is C88H148N2. The molecule has 0 fully saturated rings. The van der Waals surface area contributed by atoms with Gasteiger partial charge < -0.3 is 5.84 Å². The van der Waals surface area contributed by atoms with Crippen molar-refractivity contribution in [3.63, 3.8) is 0 Å². The van der Waals surface area contributed by atoms with Crippen LogP contribution in [0.25, 0.3) is 35.8 Å². The Labute approximate surface area is 561 Å². The van der Waals surface area contributed by atoms with E-state index in [0.29, 0.717) is 0 Å². The van der Waals surface area contributed by atoms with Crippen molar-refractivity contribution >= 4 is 35.7 Å². The molecule has 0 aromatic heterocycles. The molecule has 0 atom stereocenters. The molecule has 0 spiro atoms. The van der Waals surface area contributed by atoms with Crippen LogP contribution in [0.1, 0.15) is 440 Å². The van der Waals surface area contributed by atoms with Gasteiger partial charge in [-0.1, -0.05) is 404 Å². The fourth-order valence-corrected chi connectivity index (χ4v) is 13.5. The van der Waals surface area contributed by atoms with E-state index in [4.69, 9.17) is 0 Å². The number of nitrogens with zero attached hydrogens (tertiary/aromatic N) is 1. The van der Waals surface area contributed by atoms with E-state index in [-0.39, 0.29) is 0 Å². The highest BCUT2D eigenvalue weighted by molar-refractivity contribution is 6.15. The number of hydrogen-bond donors (Lipinski definition) is 0. The quantitative estimate of drug-likeness (QED) is 0.0466. The average Bonchev–Trinajstić information content (AvgIpc) is 1.66. The summed E-state index contributed by atoms with van der Waals surface area (Å²) in [5.74, 6) is 10.1. The molecule has 0 aliphatic carbocycles. The second-order valence-electron chi connectivity index (χ2n) is 28.2. The summed E-state index contributed by atoms with van der Waals surface area (Å²) in [4.78, 5) is 0. The van der Waals surface area contributed by atoms with Gasteiger partial charge in [0.2, 0.25) is 11.4 Å². The minimum Gasteiger partial charge on any atom is -0.448 e. The Morgan fingerprint density at radius 1 is 0.256 bits per heavy atom. The summed E-state index contributed by atoms with van der Waals surface area (Å²) >= 11 is 0. The Bertz CT molecular complexity index is 2070. The van der Waals surface area contributed by atoms with Gasteiger partial charge >= 0.3 is 0 Å². The van der Waals surface area contributed by atoms with Crippen molar-refractivity contribution in [2.45, 2.75) is 407 Å². The first-order valence-electron chi connectivity index (χ1n) is 40.3. The Kier molecular flexibility index (Phi) is 54.0. The van der Waals surface area contributed by atoms with Crippen molar-refractivity contribution in [1.29, 1.82) is 0 Å². The van der Waals surface area contributed by atoms with Crippen LogP contribution in [0.3, 0.4) is 0 Å². The first kappa shape index (κ1) is 80.6. The lowest BCUT2D eigenvalue weighted by Crippen LogP contribution is -2.12. The highest BCUT2D eigenvalue weighted by Gasteiger charge is 2.29. The van der Waals surface area contributed by atoms with E-state index in [1.165, 1.54) is 362 Å². The number of hydrogen-bond acceptors (Lipinski definition) is 0. The monoisotopic (exact) mass is 1230 g/mol. The molecule has 0 saturated heterocycles. The average molecular weight is 1230 g/mol. The standard InChI is InChI=1S/C88H148N2/c1-6-11-16-20-24-28-32-36-40-44-48-52-56-60-64-68-80-73-81(69-65-61-57-53-49-45-41-37-33-29-25-21-17-12-7-2)76-85(75-80)87-79-84(72-15-10-5)88(90(87)89)86-77-82(70-66-62-58-54-50-46-42-38-34-30-26-22-18-13-8-3)74-83(78-86)71-67-63-59-55-51-47-43-39-35-31-27-23-19-14-9-4/h64-79,89H,6-63H2,1-5H3. The molecule has 1 aliphatic rings. The van der Waals surface area contributed by atoms with Gasteiger partial charge in [-0.25, -0.2) is 4.68 Å². The molecule has 2 aromatic carbocycles. The minimum absolute atomic E-state index is 0.980. The molecule has 1 N–H and O–H groups in total. The van der Waals surface area contributed by atoms with Gasteiger partial charge in [0.05, 0.1) is 0 Å². The van der Waals surface area contributed by atoms with E-state index in [1.807, 2.05) is 0 Å². The Morgan fingerprint density at radius 2 is 0.478 bits per heavy atom. The predicted octanol–water partition coefficient (Wildman–Crippen LogP) is 31.2. The third-order valence-electron chi connectivity index (χ3n) is 19.3. The lowest BCUT2D eigenvalue weighted by atomic mass is 9.96. The number of rotatable bonds is 64. The van der Waals surface area contributed by atoms with Gasteiger partial charge in [0.1, 0.15) is 0 Å². The van der Waals surface area contributed by atoms with Crippen LogP contribution in [0, 0.1) is 0 Å². The molecule has 0 amide bonds. The van der Waals surface area contributed by atoms with Crippen LogP contribution < -0.4 is 0 Å². The van der Waals surface area contributed by atoms with E-state index in [9.17, 15) is 5.84 Å². The number of benzene rings is 2. The lowest BCUT2D eigenvalue weighted by molar-refractivity contribution is -0.347. The third kappa shape index (κ3) is 43.3. The number of allylic oxidation sites excluding steroid dienone is 7. The maximum absolute atomic E-state index is 10.1. The molecule has 2 heteroatoms. The van der Waals surface area contributed by atoms with Gasteiger partial charge in [-0.15, -0.1) is 0 Å². The summed E-state index contributed by atoms with van der Waals surface area (Å²) in [6, 6.07) is 14.2. The minimum atomic E-state index is 0.980. The second-order valence-corrected chi connectivity index (χ2v) is 28.2. The summed E-state index contributed by atoms with van der Waals surface area (Å²) in [5, 5.41) is 0. The van der Waals surface area contributed by atoms with Crippen LogP contribution in [0.15, 0.2) is 78.4 Å². The molecule has 0 bridgehead atoms. The van der Waals surface area contributed by atoms with Crippen molar-refractivity contribution < 1.29 is 4.68 Å². The van der Waals surface area contributed by atoms with Gasteiger partial charge in [-0.3, -0.25) is 0 Å². The maximum Gasteiger partial charge on any atom is 0.215 e. The summed E-state index contributed by atoms with van der Waals surface area (Å²) in [6.45, 7) is 11.5. The normalized spacial score (nSPS) is 13.4. The van der Waals surface area contributed by atoms with Gasteiger partial charge in [0, 0.05) is 22.8 Å². The lowest BCUT2D eigenvalue weighted by Gasteiger charge is -2.11. The van der Waals surface area contributed by atoms with Crippen molar-refractivity contribution in [3.05, 3.63) is 118 Å². The Morgan fingerprint density at radius 3 is 0.711 bits per heavy atom. The van der Waals surface area contributed by atoms with E-state index in [2.05, 4.69) is 132 Å². The molecule has 90 heavy (non-hydrogen) atoms. The SMILES string of the molecule is CCCC=C1C=C(c2cc(C=CCCCCCCCCCCCCCCC)cc(C=CCCCCCCCCCCCCCCC)c2)[N+]([NH-])=C1c1cc(C=CCCCCCCCCCCCCCCC)cc(C=CCCCCCCCCCCCCCCC)c1. The zero-order valence-electron chi connectivity index (χ0n) is 60.7. The van der Waals surface area contributed by atoms with Crippen LogP contribution in [0.2, 0.25) is 0 Å². The van der Waals surface area contributed by atoms with E-state index < -0.39 is 0 Å². The molecule has 1 aliphatic heterocycles. The second kappa shape index (κ2) is 60.3. The van der Waals surface area contributed by atoms with Crippen molar-refractivity contribution in [3.8, 4) is 0 Å². The zero-order valence-corrected chi connectivity index (χ0v) is 60.7. The molecule has 3 rings (SSSR count). The molecule has 510 valence electrons. The van der Waals surface area contributed by atoms with Gasteiger partial charge in [0.25, 0.3) is 0 Å². The van der Waals surface area contributed by atoms with E-state index in [1.54, 1.807) is 4.68 Å². The summed E-state index contributed by atoms with van der Waals surface area (Å²) in [6.07, 6.45) is 103. The first-order valence-corrected chi connectivity index (χ1v) is 40.3. The topological polar surface area (TPSA) is 26.8 Å². The highest BCUT2D eigenvalue weighted by atomic mass is 15.3. The van der Waals surface area contributed by atoms with Gasteiger partial charge in [-0.2, -0.15) is 0 Å². The number of unbranched alkanes of at least 4 members (excludes halogenated alkanes) is 53. The molecule has 0 radical (unpaired) electrons. The predicted molar refractivity (Wildman–Crippen MR) is 410 cm³/mol. The molecular weight excluding hydrogens is 1080 g/mol. The third-order valence-corrected chi connectivity index (χ3v) is 19.3. The van der Waals surface area contributed by atoms with Crippen molar-refractivity contribution in [2.75, 3.05) is 0 Å². The van der Waals surface area contributed by atoms with Crippen molar-refractivity contribution in [2.24, 2.45) is 0 Å². The smallest absolute Gasteiger partial charge is 0.215 e. The molecule has 0 unspecified atom stereocenters.